The minimum atomic E-state index is -0.463. The fourth-order valence-corrected chi connectivity index (χ4v) is 4.36. The van der Waals surface area contributed by atoms with Crippen molar-refractivity contribution in [3.8, 4) is 0 Å². The van der Waals surface area contributed by atoms with Crippen LogP contribution in [0.4, 0.5) is 8.78 Å². The quantitative estimate of drug-likeness (QED) is 0.276. The molecule has 3 aromatic carbocycles. The third-order valence-corrected chi connectivity index (χ3v) is 6.39. The highest BCUT2D eigenvalue weighted by molar-refractivity contribution is 5.84. The lowest BCUT2D eigenvalue weighted by Crippen LogP contribution is -2.33. The van der Waals surface area contributed by atoms with Gasteiger partial charge in [0.1, 0.15) is 17.7 Å². The van der Waals surface area contributed by atoms with Crippen molar-refractivity contribution in [3.05, 3.63) is 82.9 Å². The molecule has 0 unspecified atom stereocenters. The zero-order valence-electron chi connectivity index (χ0n) is 19.9. The van der Waals surface area contributed by atoms with E-state index in [1.54, 1.807) is 18.2 Å². The predicted molar refractivity (Wildman–Crippen MR) is 131 cm³/mol. The Morgan fingerprint density at radius 3 is 2.38 bits per heavy atom. The largest absolute Gasteiger partial charge is 0.373 e. The minimum absolute atomic E-state index is 0.0380. The first-order chi connectivity index (χ1) is 16.6. The number of hydrogen-bond acceptors (Lipinski definition) is 3. The second-order valence-electron chi connectivity index (χ2n) is 9.05. The first-order valence-corrected chi connectivity index (χ1v) is 12.4. The van der Waals surface area contributed by atoms with Crippen LogP contribution >= 0.6 is 0 Å². The van der Waals surface area contributed by atoms with Gasteiger partial charge in [-0.1, -0.05) is 69.0 Å². The molecule has 1 heterocycles. The molecule has 1 aliphatic rings. The second kappa shape index (κ2) is 12.4. The second-order valence-corrected chi connectivity index (χ2v) is 9.05. The van der Waals surface area contributed by atoms with E-state index in [1.165, 1.54) is 37.8 Å². The molecule has 0 bridgehead atoms. The van der Waals surface area contributed by atoms with Crippen LogP contribution in [0.3, 0.4) is 0 Å². The topological polar surface area (TPSA) is 27.7 Å². The summed E-state index contributed by atoms with van der Waals surface area (Å²) in [5.74, 6) is -0.466. The van der Waals surface area contributed by atoms with Gasteiger partial charge >= 0.3 is 0 Å². The first-order valence-electron chi connectivity index (χ1n) is 12.4. The van der Waals surface area contributed by atoms with Gasteiger partial charge in [0.05, 0.1) is 13.2 Å². The lowest BCUT2D eigenvalue weighted by atomic mass is 9.99. The Morgan fingerprint density at radius 1 is 0.853 bits per heavy atom. The van der Waals surface area contributed by atoms with E-state index in [0.29, 0.717) is 37.0 Å². The SMILES string of the molecule is CCCCCCCOC1COC(c2ccc3c(F)c(CCc4ccc(F)cc4)ccc3c2)OC1. The van der Waals surface area contributed by atoms with Crippen molar-refractivity contribution in [2.75, 3.05) is 19.8 Å². The van der Waals surface area contributed by atoms with Crippen LogP contribution in [0.5, 0.6) is 0 Å². The number of rotatable bonds is 11. The summed E-state index contributed by atoms with van der Waals surface area (Å²) >= 11 is 0. The monoisotopic (exact) mass is 468 g/mol. The molecule has 0 saturated carbocycles. The molecule has 4 rings (SSSR count). The Hall–Kier alpha value is -2.34. The number of aryl methyl sites for hydroxylation is 2. The van der Waals surface area contributed by atoms with E-state index in [2.05, 4.69) is 6.92 Å². The van der Waals surface area contributed by atoms with Gasteiger partial charge in [0, 0.05) is 17.6 Å². The molecule has 0 radical (unpaired) electrons. The molecule has 0 aliphatic carbocycles. The van der Waals surface area contributed by atoms with Crippen molar-refractivity contribution < 1.29 is 23.0 Å². The van der Waals surface area contributed by atoms with Gasteiger partial charge in [-0.25, -0.2) is 8.78 Å². The maximum atomic E-state index is 15.1. The lowest BCUT2D eigenvalue weighted by Gasteiger charge is -2.29. The van der Waals surface area contributed by atoms with Crippen LogP contribution in [0.2, 0.25) is 0 Å². The lowest BCUT2D eigenvalue weighted by molar-refractivity contribution is -0.230. The Balaban J connectivity index is 1.30. The van der Waals surface area contributed by atoms with Gasteiger partial charge in [-0.15, -0.1) is 0 Å². The maximum Gasteiger partial charge on any atom is 0.184 e. The van der Waals surface area contributed by atoms with Gasteiger partial charge in [-0.05, 0) is 54.0 Å². The van der Waals surface area contributed by atoms with Crippen LogP contribution in [-0.2, 0) is 27.1 Å². The van der Waals surface area contributed by atoms with Crippen LogP contribution in [0.25, 0.3) is 10.8 Å². The number of fused-ring (bicyclic) bond motifs is 1. The summed E-state index contributed by atoms with van der Waals surface area (Å²) in [6.45, 7) is 3.94. The molecule has 0 spiro atoms. The average Bonchev–Trinajstić information content (AvgIpc) is 2.87. The van der Waals surface area contributed by atoms with Crippen molar-refractivity contribution in [1.82, 2.24) is 0 Å². The maximum absolute atomic E-state index is 15.1. The fraction of sp³-hybridized carbons (Fsp3) is 0.448. The summed E-state index contributed by atoms with van der Waals surface area (Å²) in [7, 11) is 0. The first kappa shape index (κ1) is 24.8. The molecule has 1 saturated heterocycles. The Labute approximate surface area is 201 Å². The summed E-state index contributed by atoms with van der Waals surface area (Å²) in [6, 6.07) is 15.7. The Kier molecular flexibility index (Phi) is 9.03. The van der Waals surface area contributed by atoms with Crippen molar-refractivity contribution in [3.63, 3.8) is 0 Å². The smallest absolute Gasteiger partial charge is 0.184 e. The van der Waals surface area contributed by atoms with E-state index in [4.69, 9.17) is 14.2 Å². The number of ether oxygens (including phenoxy) is 3. The zero-order chi connectivity index (χ0) is 23.8. The third kappa shape index (κ3) is 6.62. The highest BCUT2D eigenvalue weighted by Crippen LogP contribution is 2.29. The van der Waals surface area contributed by atoms with Gasteiger partial charge < -0.3 is 14.2 Å². The van der Waals surface area contributed by atoms with Crippen LogP contribution < -0.4 is 0 Å². The van der Waals surface area contributed by atoms with E-state index in [-0.39, 0.29) is 17.7 Å². The summed E-state index contributed by atoms with van der Waals surface area (Å²) < 4.78 is 45.9. The molecule has 1 aliphatic heterocycles. The van der Waals surface area contributed by atoms with E-state index in [9.17, 15) is 4.39 Å². The summed E-state index contributed by atoms with van der Waals surface area (Å²) in [5, 5.41) is 1.40. The molecule has 182 valence electrons. The molecular formula is C29H34F2O3. The molecular weight excluding hydrogens is 434 g/mol. The van der Waals surface area contributed by atoms with Gasteiger partial charge in [-0.3, -0.25) is 0 Å². The van der Waals surface area contributed by atoms with Gasteiger partial charge in [-0.2, -0.15) is 0 Å². The minimum Gasteiger partial charge on any atom is -0.373 e. The number of halogens is 2. The van der Waals surface area contributed by atoms with Gasteiger partial charge in [0.2, 0.25) is 0 Å². The molecule has 0 amide bonds. The van der Waals surface area contributed by atoms with Crippen molar-refractivity contribution in [2.45, 2.75) is 64.3 Å². The van der Waals surface area contributed by atoms with Gasteiger partial charge in [0.15, 0.2) is 6.29 Å². The van der Waals surface area contributed by atoms with Crippen LogP contribution in [0, 0.1) is 11.6 Å². The van der Waals surface area contributed by atoms with Crippen molar-refractivity contribution in [2.24, 2.45) is 0 Å². The van der Waals surface area contributed by atoms with E-state index < -0.39 is 6.29 Å². The molecule has 5 heteroatoms. The molecule has 1 fully saturated rings. The van der Waals surface area contributed by atoms with Crippen molar-refractivity contribution in [1.29, 1.82) is 0 Å². The average molecular weight is 469 g/mol. The standard InChI is InChI=1S/C29H34F2O3/c1-2-3-4-5-6-17-32-26-19-33-29(34-20-26)24-13-16-27-23(18-24)12-11-22(28(27)31)10-7-21-8-14-25(30)15-9-21/h8-9,11-16,18,26,29H,2-7,10,17,19-20H2,1H3. The van der Waals surface area contributed by atoms with Crippen LogP contribution in [0.15, 0.2) is 54.6 Å². The van der Waals surface area contributed by atoms with Crippen molar-refractivity contribution >= 4 is 10.8 Å². The normalized spacial score (nSPS) is 18.4. The Morgan fingerprint density at radius 2 is 1.62 bits per heavy atom. The highest BCUT2D eigenvalue weighted by Gasteiger charge is 2.24. The summed E-state index contributed by atoms with van der Waals surface area (Å²) in [6.07, 6.45) is 6.78. The van der Waals surface area contributed by atoms with Crippen LogP contribution in [-0.4, -0.2) is 25.9 Å². The van der Waals surface area contributed by atoms with Crippen LogP contribution in [0.1, 0.15) is 62.0 Å². The summed E-state index contributed by atoms with van der Waals surface area (Å²) in [5.41, 5.74) is 2.52. The fourth-order valence-electron chi connectivity index (χ4n) is 4.36. The van der Waals surface area contributed by atoms with E-state index in [0.717, 1.165) is 29.5 Å². The third-order valence-electron chi connectivity index (χ3n) is 6.39. The predicted octanol–water partition coefficient (Wildman–Crippen LogP) is 7.30. The molecule has 3 nitrogen and oxygen atoms in total. The highest BCUT2D eigenvalue weighted by atomic mass is 19.1. The Bertz CT molecular complexity index is 1040. The van der Waals surface area contributed by atoms with Gasteiger partial charge in [0.25, 0.3) is 0 Å². The molecule has 0 aromatic heterocycles. The molecule has 0 atom stereocenters. The molecule has 3 aromatic rings. The number of benzene rings is 3. The number of unbranched alkanes of at least 4 members (excludes halogenated alkanes) is 4. The molecule has 34 heavy (non-hydrogen) atoms. The van der Waals surface area contributed by atoms with E-state index in [1.807, 2.05) is 24.3 Å². The van der Waals surface area contributed by atoms with E-state index >= 15 is 4.39 Å². The zero-order valence-corrected chi connectivity index (χ0v) is 19.9. The summed E-state index contributed by atoms with van der Waals surface area (Å²) in [4.78, 5) is 0. The number of hydrogen-bond donors (Lipinski definition) is 0. The molecule has 0 N–H and O–H groups in total.